The van der Waals surface area contributed by atoms with Gasteiger partial charge in [0, 0.05) is 13.5 Å². The van der Waals surface area contributed by atoms with Gasteiger partial charge >= 0.3 is 12.2 Å². The van der Waals surface area contributed by atoms with Crippen LogP contribution in [0.15, 0.2) is 0 Å². The van der Waals surface area contributed by atoms with Crippen molar-refractivity contribution in [3.05, 3.63) is 5.53 Å². The third-order valence-corrected chi connectivity index (χ3v) is 2.22. The van der Waals surface area contributed by atoms with Gasteiger partial charge in [0.15, 0.2) is 0 Å². The summed E-state index contributed by atoms with van der Waals surface area (Å²) in [6, 6.07) is -1.19. The average molecular weight is 257 g/mol. The van der Waals surface area contributed by atoms with E-state index in [0.29, 0.717) is 6.21 Å². The number of methoxy groups -OCH3 is 1. The number of carbonyl (C=O) groups excluding carboxylic acids is 2. The van der Waals surface area contributed by atoms with Crippen molar-refractivity contribution >= 4 is 23.9 Å². The minimum Gasteiger partial charge on any atom is -0.480 e. The second-order valence-electron chi connectivity index (χ2n) is 3.53. The Morgan fingerprint density at radius 2 is 2.11 bits per heavy atom. The number of ketones is 1. The minimum atomic E-state index is -1.25. The molecule has 0 radical (unpaired) electrons. The predicted octanol–water partition coefficient (Wildman–Crippen LogP) is -0.759. The van der Waals surface area contributed by atoms with Crippen LogP contribution in [0.2, 0.25) is 0 Å². The second kappa shape index (κ2) is 8.10. The van der Waals surface area contributed by atoms with Crippen LogP contribution in [0.3, 0.4) is 0 Å². The number of nitrogens with one attached hydrogen (secondary N) is 1. The number of Topliss-reactive ketones (excluding diaryl/α,β-unsaturated/α-hetero) is 1. The van der Waals surface area contributed by atoms with E-state index in [4.69, 9.17) is 15.4 Å². The molecule has 8 nitrogen and oxygen atoms in total. The average Bonchev–Trinajstić information content (AvgIpc) is 2.32. The number of carbonyl (C=O) groups is 3. The molecule has 0 saturated carbocycles. The van der Waals surface area contributed by atoms with Crippen LogP contribution in [0.25, 0.3) is 5.53 Å². The first-order chi connectivity index (χ1) is 8.42. The number of ether oxygens (including phenoxy) is 1. The molecule has 0 spiro atoms. The van der Waals surface area contributed by atoms with Crippen molar-refractivity contribution in [2.24, 2.45) is 0 Å². The third-order valence-electron chi connectivity index (χ3n) is 2.22. The zero-order valence-electron chi connectivity index (χ0n) is 10.1. The first kappa shape index (κ1) is 16.0. The Labute approximate surface area is 104 Å². The van der Waals surface area contributed by atoms with Gasteiger partial charge in [0.05, 0.1) is 0 Å². The van der Waals surface area contributed by atoms with Crippen LogP contribution in [0.1, 0.15) is 19.8 Å². The summed E-state index contributed by atoms with van der Waals surface area (Å²) < 4.78 is 4.73. The number of hydrogen-bond acceptors (Lipinski definition) is 4. The molecular formula is C10H15N3O5. The molecule has 0 aromatic rings. The highest BCUT2D eigenvalue weighted by molar-refractivity contribution is 6.25. The van der Waals surface area contributed by atoms with Gasteiger partial charge in [0.25, 0.3) is 0 Å². The molecule has 0 aliphatic heterocycles. The molecule has 0 aliphatic carbocycles. The van der Waals surface area contributed by atoms with Crippen molar-refractivity contribution in [3.8, 4) is 0 Å². The highest BCUT2D eigenvalue weighted by atomic mass is 16.5. The zero-order valence-corrected chi connectivity index (χ0v) is 10.1. The van der Waals surface area contributed by atoms with Gasteiger partial charge in [-0.05, 0) is 13.3 Å². The van der Waals surface area contributed by atoms with Gasteiger partial charge in [-0.2, -0.15) is 4.79 Å². The van der Waals surface area contributed by atoms with Gasteiger partial charge in [0.2, 0.25) is 11.7 Å². The molecule has 0 heterocycles. The third kappa shape index (κ3) is 5.88. The molecule has 0 rings (SSSR count). The second-order valence-corrected chi connectivity index (χ2v) is 3.53. The highest BCUT2D eigenvalue weighted by Crippen LogP contribution is 2.00. The van der Waals surface area contributed by atoms with Crippen LogP contribution in [-0.4, -0.2) is 53.0 Å². The summed E-state index contributed by atoms with van der Waals surface area (Å²) in [5.41, 5.74) is 8.11. The fraction of sp³-hybridized carbons (Fsp3) is 0.600. The van der Waals surface area contributed by atoms with E-state index in [9.17, 15) is 14.4 Å². The summed E-state index contributed by atoms with van der Waals surface area (Å²) in [5.74, 6) is -2.36. The van der Waals surface area contributed by atoms with Crippen LogP contribution in [-0.2, 0) is 19.1 Å². The smallest absolute Gasteiger partial charge is 0.326 e. The molecule has 18 heavy (non-hydrogen) atoms. The van der Waals surface area contributed by atoms with E-state index >= 15 is 0 Å². The van der Waals surface area contributed by atoms with Crippen LogP contribution in [0, 0.1) is 0 Å². The van der Waals surface area contributed by atoms with Crippen LogP contribution in [0.5, 0.6) is 0 Å². The molecule has 0 aliphatic rings. The molecule has 0 fully saturated rings. The van der Waals surface area contributed by atoms with E-state index in [1.807, 2.05) is 0 Å². The molecule has 0 aromatic carbocycles. The largest absolute Gasteiger partial charge is 0.480 e. The van der Waals surface area contributed by atoms with Crippen LogP contribution >= 0.6 is 0 Å². The summed E-state index contributed by atoms with van der Waals surface area (Å²) in [6.45, 7) is 1.47. The molecule has 0 aromatic heterocycles. The Balaban J connectivity index is 4.41. The Bertz CT molecular complexity index is 376. The molecule has 8 heteroatoms. The van der Waals surface area contributed by atoms with Crippen molar-refractivity contribution in [2.75, 3.05) is 7.11 Å². The molecule has 2 N–H and O–H groups in total. The molecule has 2 atom stereocenters. The van der Waals surface area contributed by atoms with Gasteiger partial charge in [-0.15, -0.1) is 0 Å². The van der Waals surface area contributed by atoms with Crippen molar-refractivity contribution in [3.63, 3.8) is 0 Å². The summed E-state index contributed by atoms with van der Waals surface area (Å²) in [4.78, 5) is 35.8. The lowest BCUT2D eigenvalue weighted by Crippen LogP contribution is -2.45. The monoisotopic (exact) mass is 257 g/mol. The molecule has 1 amide bonds. The topological polar surface area (TPSA) is 129 Å². The lowest BCUT2D eigenvalue weighted by molar-refractivity contribution is -0.143. The lowest BCUT2D eigenvalue weighted by atomic mass is 10.1. The summed E-state index contributed by atoms with van der Waals surface area (Å²) in [7, 11) is 1.32. The van der Waals surface area contributed by atoms with E-state index in [1.54, 1.807) is 0 Å². The Kier molecular flexibility index (Phi) is 7.18. The quantitative estimate of drug-likeness (QED) is 0.335. The first-order valence-electron chi connectivity index (χ1n) is 5.18. The summed E-state index contributed by atoms with van der Waals surface area (Å²) in [6.07, 6.45) is -0.342. The number of rotatable bonds is 8. The number of hydrogen-bond donors (Lipinski definition) is 2. The van der Waals surface area contributed by atoms with Gasteiger partial charge in [-0.1, -0.05) is 0 Å². The van der Waals surface area contributed by atoms with Gasteiger partial charge in [-0.3, -0.25) is 9.59 Å². The molecule has 0 bridgehead atoms. The maximum absolute atomic E-state index is 11.4. The Morgan fingerprint density at radius 3 is 2.56 bits per heavy atom. The molecule has 0 saturated heterocycles. The Morgan fingerprint density at radius 1 is 1.50 bits per heavy atom. The van der Waals surface area contributed by atoms with E-state index in [1.165, 1.54) is 14.0 Å². The van der Waals surface area contributed by atoms with Gasteiger partial charge in [0.1, 0.15) is 12.1 Å². The number of amides is 1. The predicted molar refractivity (Wildman–Crippen MR) is 60.0 cm³/mol. The van der Waals surface area contributed by atoms with E-state index in [-0.39, 0.29) is 12.8 Å². The van der Waals surface area contributed by atoms with Gasteiger partial charge < -0.3 is 20.7 Å². The number of aliphatic carboxylic acids is 1. The zero-order chi connectivity index (χ0) is 14.1. The molecular weight excluding hydrogens is 242 g/mol. The van der Waals surface area contributed by atoms with Gasteiger partial charge in [-0.25, -0.2) is 4.79 Å². The summed E-state index contributed by atoms with van der Waals surface area (Å²) >= 11 is 0. The van der Waals surface area contributed by atoms with Crippen LogP contribution < -0.4 is 5.32 Å². The van der Waals surface area contributed by atoms with E-state index < -0.39 is 29.8 Å². The van der Waals surface area contributed by atoms with Crippen molar-refractivity contribution in [1.82, 2.24) is 5.32 Å². The van der Waals surface area contributed by atoms with Crippen LogP contribution in [0.4, 0.5) is 0 Å². The van der Waals surface area contributed by atoms with Crippen molar-refractivity contribution in [2.45, 2.75) is 31.9 Å². The van der Waals surface area contributed by atoms with E-state index in [2.05, 4.69) is 10.1 Å². The maximum atomic E-state index is 11.4. The summed E-state index contributed by atoms with van der Waals surface area (Å²) in [5, 5.41) is 11.1. The highest BCUT2D eigenvalue weighted by Gasteiger charge is 2.23. The Hall–Kier alpha value is -2.05. The molecule has 100 valence electrons. The first-order valence-corrected chi connectivity index (χ1v) is 5.18. The van der Waals surface area contributed by atoms with Crippen molar-refractivity contribution < 1.29 is 29.0 Å². The number of carboxylic acids is 1. The SMILES string of the molecule is COC(C)C(=O)N[C@@H](CCC(=O)C=[N+]=[N-])C(=O)O. The number of carboxylic acid groups (broad SMARTS) is 1. The fourth-order valence-corrected chi connectivity index (χ4v) is 1.07. The fourth-order valence-electron chi connectivity index (χ4n) is 1.07. The molecule has 1 unspecified atom stereocenters. The lowest BCUT2D eigenvalue weighted by Gasteiger charge is -2.16. The van der Waals surface area contributed by atoms with E-state index in [0.717, 1.165) is 0 Å². The minimum absolute atomic E-state index is 0.0949. The standard InChI is InChI=1S/C10H15N3O5/c1-6(18-2)9(15)13-8(10(16)17)4-3-7(14)5-12-11/h5-6,8H,3-4H2,1-2H3,(H,13,15)(H,16,17)/t6?,8-/m0/s1. The maximum Gasteiger partial charge on any atom is 0.326 e. The van der Waals surface area contributed by atoms with Crippen molar-refractivity contribution in [1.29, 1.82) is 0 Å². The number of nitrogens with zero attached hydrogens (tertiary/aromatic N) is 2. The normalized spacial score (nSPS) is 13.0.